The monoisotopic (exact) mass is 332 g/mol. The average molecular weight is 332 g/mol. The Morgan fingerprint density at radius 3 is 2.17 bits per heavy atom. The van der Waals surface area contributed by atoms with Crippen LogP contribution in [0.3, 0.4) is 0 Å². The normalized spacial score (nSPS) is 11.8. The molecule has 2 aromatic carbocycles. The van der Waals surface area contributed by atoms with Crippen LogP contribution in [0.1, 0.15) is 11.1 Å². The van der Waals surface area contributed by atoms with Crippen molar-refractivity contribution in [2.75, 3.05) is 7.11 Å². The standard InChI is InChI=1S/C17H16O5S/c1-13-8-10-15(11-9-13)23(19,20)22-12-16(17(18)21-2)14-6-4-3-5-7-14/h3-12H,1-2H3/b16-12-. The van der Waals surface area contributed by atoms with Crippen LogP contribution in [-0.2, 0) is 23.8 Å². The predicted molar refractivity (Wildman–Crippen MR) is 85.9 cm³/mol. The van der Waals surface area contributed by atoms with Crippen LogP contribution >= 0.6 is 0 Å². The van der Waals surface area contributed by atoms with Gasteiger partial charge in [-0.25, -0.2) is 4.79 Å². The Labute approximate surface area is 135 Å². The second kappa shape index (κ2) is 7.11. The highest BCUT2D eigenvalue weighted by molar-refractivity contribution is 7.86. The third-order valence-corrected chi connectivity index (χ3v) is 4.29. The van der Waals surface area contributed by atoms with Gasteiger partial charge < -0.3 is 8.92 Å². The van der Waals surface area contributed by atoms with Crippen LogP contribution in [0.5, 0.6) is 0 Å². The van der Waals surface area contributed by atoms with Crippen molar-refractivity contribution in [3.05, 3.63) is 72.0 Å². The topological polar surface area (TPSA) is 69.7 Å². The molecule has 5 nitrogen and oxygen atoms in total. The van der Waals surface area contributed by atoms with E-state index in [1.807, 2.05) is 6.92 Å². The zero-order chi connectivity index (χ0) is 16.9. The van der Waals surface area contributed by atoms with E-state index < -0.39 is 16.1 Å². The molecule has 0 amide bonds. The predicted octanol–water partition coefficient (Wildman–Crippen LogP) is 2.91. The first-order valence-corrected chi connectivity index (χ1v) is 8.19. The Morgan fingerprint density at radius 1 is 1.00 bits per heavy atom. The Hall–Kier alpha value is -2.60. The van der Waals surface area contributed by atoms with Crippen molar-refractivity contribution in [1.29, 1.82) is 0 Å². The molecular formula is C17H16O5S. The lowest BCUT2D eigenvalue weighted by atomic mass is 10.1. The molecule has 0 fully saturated rings. The summed E-state index contributed by atoms with van der Waals surface area (Å²) in [6.07, 6.45) is 0.899. The Morgan fingerprint density at radius 2 is 1.61 bits per heavy atom. The Kier molecular flexibility index (Phi) is 5.18. The maximum absolute atomic E-state index is 12.2. The molecule has 2 aromatic rings. The maximum atomic E-state index is 12.2. The van der Waals surface area contributed by atoms with Gasteiger partial charge in [-0.15, -0.1) is 0 Å². The fourth-order valence-electron chi connectivity index (χ4n) is 1.83. The minimum Gasteiger partial charge on any atom is -0.465 e. The van der Waals surface area contributed by atoms with Gasteiger partial charge in [0.2, 0.25) is 0 Å². The molecule has 0 radical (unpaired) electrons. The van der Waals surface area contributed by atoms with Gasteiger partial charge in [-0.3, -0.25) is 0 Å². The summed E-state index contributed by atoms with van der Waals surface area (Å²) in [5, 5.41) is 0. The molecule has 23 heavy (non-hydrogen) atoms. The van der Waals surface area contributed by atoms with Crippen molar-refractivity contribution in [1.82, 2.24) is 0 Å². The van der Waals surface area contributed by atoms with Gasteiger partial charge in [0.1, 0.15) is 16.7 Å². The summed E-state index contributed by atoms with van der Waals surface area (Å²) >= 11 is 0. The van der Waals surface area contributed by atoms with E-state index in [1.54, 1.807) is 42.5 Å². The van der Waals surface area contributed by atoms with Crippen LogP contribution in [0.2, 0.25) is 0 Å². The molecule has 6 heteroatoms. The molecule has 0 N–H and O–H groups in total. The van der Waals surface area contributed by atoms with Crippen LogP contribution in [0, 0.1) is 6.92 Å². The molecule has 0 aromatic heterocycles. The van der Waals surface area contributed by atoms with E-state index >= 15 is 0 Å². The maximum Gasteiger partial charge on any atom is 0.341 e. The highest BCUT2D eigenvalue weighted by Gasteiger charge is 2.18. The van der Waals surface area contributed by atoms with E-state index in [4.69, 9.17) is 4.18 Å². The Balaban J connectivity index is 2.33. The minimum atomic E-state index is -4.01. The number of esters is 1. The molecule has 0 spiro atoms. The van der Waals surface area contributed by atoms with E-state index in [-0.39, 0.29) is 10.5 Å². The van der Waals surface area contributed by atoms with E-state index in [9.17, 15) is 13.2 Å². The third-order valence-electron chi connectivity index (χ3n) is 3.09. The fraction of sp³-hybridized carbons (Fsp3) is 0.118. The molecule has 0 aliphatic carbocycles. The molecule has 0 saturated heterocycles. The highest BCUT2D eigenvalue weighted by atomic mass is 32.2. The van der Waals surface area contributed by atoms with Gasteiger partial charge in [-0.1, -0.05) is 48.0 Å². The number of benzene rings is 2. The summed E-state index contributed by atoms with van der Waals surface area (Å²) in [4.78, 5) is 11.9. The van der Waals surface area contributed by atoms with E-state index in [2.05, 4.69) is 4.74 Å². The van der Waals surface area contributed by atoms with Gasteiger partial charge in [0, 0.05) is 0 Å². The van der Waals surface area contributed by atoms with Crippen LogP contribution < -0.4 is 0 Å². The SMILES string of the molecule is COC(=O)/C(=C\OS(=O)(=O)c1ccc(C)cc1)c1ccccc1. The first-order chi connectivity index (χ1) is 10.9. The van der Waals surface area contributed by atoms with Crippen molar-refractivity contribution < 1.29 is 22.1 Å². The average Bonchev–Trinajstić information content (AvgIpc) is 2.56. The number of hydrogen-bond acceptors (Lipinski definition) is 5. The molecule has 0 unspecified atom stereocenters. The Bertz CT molecular complexity index is 806. The number of ether oxygens (including phenoxy) is 1. The molecule has 0 atom stereocenters. The third kappa shape index (κ3) is 4.20. The van der Waals surface area contributed by atoms with E-state index in [0.717, 1.165) is 11.8 Å². The van der Waals surface area contributed by atoms with Gasteiger partial charge >= 0.3 is 16.1 Å². The van der Waals surface area contributed by atoms with Gasteiger partial charge in [-0.05, 0) is 24.6 Å². The largest absolute Gasteiger partial charge is 0.465 e. The molecule has 0 bridgehead atoms. The molecular weight excluding hydrogens is 316 g/mol. The molecule has 0 heterocycles. The van der Waals surface area contributed by atoms with Crippen LogP contribution in [0.25, 0.3) is 5.57 Å². The molecule has 2 rings (SSSR count). The summed E-state index contributed by atoms with van der Waals surface area (Å²) < 4.78 is 33.9. The van der Waals surface area contributed by atoms with Crippen LogP contribution in [0.4, 0.5) is 0 Å². The molecule has 0 saturated carbocycles. The van der Waals surface area contributed by atoms with Gasteiger partial charge in [0.25, 0.3) is 0 Å². The minimum absolute atomic E-state index is 0.0108. The summed E-state index contributed by atoms with van der Waals surface area (Å²) in [5.41, 5.74) is 1.45. The van der Waals surface area contributed by atoms with Crippen molar-refractivity contribution in [3.8, 4) is 0 Å². The van der Waals surface area contributed by atoms with Crippen molar-refractivity contribution >= 4 is 21.7 Å². The lowest BCUT2D eigenvalue weighted by molar-refractivity contribution is -0.133. The number of methoxy groups -OCH3 is 1. The summed E-state index contributed by atoms with van der Waals surface area (Å²) in [6.45, 7) is 1.85. The zero-order valence-corrected chi connectivity index (χ0v) is 13.5. The number of rotatable bonds is 5. The fourth-order valence-corrected chi connectivity index (χ4v) is 2.64. The van der Waals surface area contributed by atoms with Crippen LogP contribution in [-0.4, -0.2) is 21.5 Å². The summed E-state index contributed by atoms with van der Waals surface area (Å²) in [7, 11) is -2.79. The lowest BCUT2D eigenvalue weighted by Crippen LogP contribution is -2.07. The lowest BCUT2D eigenvalue weighted by Gasteiger charge is -2.07. The number of carbonyl (C=O) groups excluding carboxylic acids is 1. The van der Waals surface area contributed by atoms with Crippen molar-refractivity contribution in [3.63, 3.8) is 0 Å². The van der Waals surface area contributed by atoms with E-state index in [1.165, 1.54) is 19.2 Å². The second-order valence-electron chi connectivity index (χ2n) is 4.75. The second-order valence-corrected chi connectivity index (χ2v) is 6.32. The number of carbonyl (C=O) groups is 1. The smallest absolute Gasteiger partial charge is 0.341 e. The highest BCUT2D eigenvalue weighted by Crippen LogP contribution is 2.19. The summed E-state index contributed by atoms with van der Waals surface area (Å²) in [5.74, 6) is -0.685. The number of aryl methyl sites for hydroxylation is 1. The van der Waals surface area contributed by atoms with Gasteiger partial charge in [-0.2, -0.15) is 8.42 Å². The van der Waals surface area contributed by atoms with Crippen molar-refractivity contribution in [2.45, 2.75) is 11.8 Å². The summed E-state index contributed by atoms with van der Waals surface area (Å²) in [6, 6.07) is 14.8. The van der Waals surface area contributed by atoms with Gasteiger partial charge in [0.05, 0.1) is 7.11 Å². The molecule has 0 aliphatic heterocycles. The zero-order valence-electron chi connectivity index (χ0n) is 12.7. The van der Waals surface area contributed by atoms with E-state index in [0.29, 0.717) is 5.56 Å². The first-order valence-electron chi connectivity index (χ1n) is 6.78. The quantitative estimate of drug-likeness (QED) is 0.364. The van der Waals surface area contributed by atoms with Gasteiger partial charge in [0.15, 0.2) is 0 Å². The molecule has 0 aliphatic rings. The van der Waals surface area contributed by atoms with Crippen LogP contribution in [0.15, 0.2) is 65.8 Å². The first kappa shape index (κ1) is 16.8. The number of hydrogen-bond donors (Lipinski definition) is 0. The van der Waals surface area contributed by atoms with Crippen molar-refractivity contribution in [2.24, 2.45) is 0 Å². The molecule has 120 valence electrons.